The monoisotopic (exact) mass is 220 g/mol. The lowest BCUT2D eigenvalue weighted by atomic mass is 10.1. The first-order valence-electron chi connectivity index (χ1n) is 6.44. The molecule has 0 spiro atoms. The van der Waals surface area contributed by atoms with Crippen LogP contribution in [0.3, 0.4) is 0 Å². The molecule has 0 bridgehead atoms. The minimum atomic E-state index is 0.712. The van der Waals surface area contributed by atoms with Gasteiger partial charge in [0.1, 0.15) is 5.75 Å². The third-order valence-electron chi connectivity index (χ3n) is 2.71. The molecule has 1 aromatic carbocycles. The molecule has 0 aliphatic rings. The third-order valence-corrected chi connectivity index (χ3v) is 2.71. The summed E-state index contributed by atoms with van der Waals surface area (Å²) in [7, 11) is 0. The molecule has 0 fully saturated rings. The van der Waals surface area contributed by atoms with E-state index in [9.17, 15) is 0 Å². The number of benzene rings is 1. The highest BCUT2D eigenvalue weighted by Gasteiger charge is 1.97. The Bertz CT molecular complexity index is 274. The molecule has 1 rings (SSSR count). The highest BCUT2D eigenvalue weighted by Crippen LogP contribution is 2.14. The Morgan fingerprint density at radius 3 is 2.38 bits per heavy atom. The van der Waals surface area contributed by atoms with Crippen molar-refractivity contribution in [2.75, 3.05) is 6.61 Å². The zero-order chi connectivity index (χ0) is 11.8. The molecule has 0 aromatic heterocycles. The van der Waals surface area contributed by atoms with Crippen LogP contribution in [0.4, 0.5) is 0 Å². The predicted molar refractivity (Wildman–Crippen MR) is 70.0 cm³/mol. The summed E-state index contributed by atoms with van der Waals surface area (Å²) in [5.74, 6) is 1.71. The van der Waals surface area contributed by atoms with Crippen LogP contribution in [0.5, 0.6) is 5.75 Å². The van der Waals surface area contributed by atoms with E-state index >= 15 is 0 Å². The van der Waals surface area contributed by atoms with Crippen LogP contribution in [0.1, 0.15) is 45.6 Å². The maximum atomic E-state index is 5.68. The molecule has 1 nitrogen and oxygen atoms in total. The Morgan fingerprint density at radius 1 is 1.12 bits per heavy atom. The first kappa shape index (κ1) is 13.1. The second-order valence-corrected chi connectivity index (χ2v) is 4.78. The minimum absolute atomic E-state index is 0.712. The third kappa shape index (κ3) is 5.20. The first-order valence-corrected chi connectivity index (χ1v) is 6.44. The smallest absolute Gasteiger partial charge is 0.119 e. The number of unbranched alkanes of at least 4 members (excludes halogenated alkanes) is 1. The fraction of sp³-hybridized carbons (Fsp3) is 0.600. The summed E-state index contributed by atoms with van der Waals surface area (Å²) in [6.45, 7) is 7.49. The van der Waals surface area contributed by atoms with E-state index in [-0.39, 0.29) is 0 Å². The fourth-order valence-electron chi connectivity index (χ4n) is 1.55. The molecule has 0 radical (unpaired) electrons. The van der Waals surface area contributed by atoms with Crippen LogP contribution in [0, 0.1) is 5.92 Å². The molecule has 0 saturated heterocycles. The van der Waals surface area contributed by atoms with E-state index in [1.165, 1.54) is 24.8 Å². The molecule has 0 N–H and O–H groups in total. The zero-order valence-corrected chi connectivity index (χ0v) is 10.8. The van der Waals surface area contributed by atoms with E-state index in [4.69, 9.17) is 4.74 Å². The van der Waals surface area contributed by atoms with Crippen LogP contribution in [-0.2, 0) is 6.42 Å². The summed E-state index contributed by atoms with van der Waals surface area (Å²) < 4.78 is 5.68. The highest BCUT2D eigenvalue weighted by atomic mass is 16.5. The lowest BCUT2D eigenvalue weighted by Crippen LogP contribution is -2.01. The molecule has 1 heteroatoms. The Balaban J connectivity index is 2.33. The molecule has 0 heterocycles. The molecular weight excluding hydrogens is 196 g/mol. The van der Waals surface area contributed by atoms with E-state index in [1.54, 1.807) is 0 Å². The number of ether oxygens (including phenoxy) is 1. The summed E-state index contributed by atoms with van der Waals surface area (Å²) in [6.07, 6.45) is 4.83. The summed E-state index contributed by atoms with van der Waals surface area (Å²) >= 11 is 0. The van der Waals surface area contributed by atoms with Crippen LogP contribution < -0.4 is 4.74 Å². The quantitative estimate of drug-likeness (QED) is 0.659. The van der Waals surface area contributed by atoms with Gasteiger partial charge in [-0.05, 0) is 42.9 Å². The molecular formula is C15H24O. The van der Waals surface area contributed by atoms with E-state index in [1.807, 2.05) is 0 Å². The van der Waals surface area contributed by atoms with Crippen LogP contribution in [0.15, 0.2) is 24.3 Å². The van der Waals surface area contributed by atoms with Gasteiger partial charge in [0.25, 0.3) is 0 Å². The number of hydrogen-bond donors (Lipinski definition) is 0. The van der Waals surface area contributed by atoms with Gasteiger partial charge in [-0.1, -0.05) is 39.3 Å². The van der Waals surface area contributed by atoms with Crippen molar-refractivity contribution in [1.82, 2.24) is 0 Å². The summed E-state index contributed by atoms with van der Waals surface area (Å²) in [5, 5.41) is 0. The normalized spacial score (nSPS) is 10.8. The van der Waals surface area contributed by atoms with Gasteiger partial charge in [-0.2, -0.15) is 0 Å². The molecule has 90 valence electrons. The Kier molecular flexibility index (Phi) is 5.99. The van der Waals surface area contributed by atoms with Gasteiger partial charge in [0.15, 0.2) is 0 Å². The van der Waals surface area contributed by atoms with Crippen molar-refractivity contribution < 1.29 is 4.74 Å². The molecule has 16 heavy (non-hydrogen) atoms. The molecule has 0 aliphatic heterocycles. The zero-order valence-electron chi connectivity index (χ0n) is 10.8. The number of aryl methyl sites for hydroxylation is 1. The van der Waals surface area contributed by atoms with Gasteiger partial charge in [0, 0.05) is 0 Å². The molecule has 0 unspecified atom stereocenters. The van der Waals surface area contributed by atoms with Crippen molar-refractivity contribution in [1.29, 1.82) is 0 Å². The SMILES string of the molecule is CCCCc1ccc(OCCC(C)C)cc1. The van der Waals surface area contributed by atoms with Crippen molar-refractivity contribution in [3.63, 3.8) is 0 Å². The van der Waals surface area contributed by atoms with Gasteiger partial charge >= 0.3 is 0 Å². The number of hydrogen-bond acceptors (Lipinski definition) is 1. The van der Waals surface area contributed by atoms with E-state index in [0.717, 1.165) is 18.8 Å². The summed E-state index contributed by atoms with van der Waals surface area (Å²) in [5.41, 5.74) is 1.41. The molecule has 0 aliphatic carbocycles. The van der Waals surface area contributed by atoms with Gasteiger partial charge in [-0.15, -0.1) is 0 Å². The van der Waals surface area contributed by atoms with Crippen molar-refractivity contribution in [3.8, 4) is 5.75 Å². The van der Waals surface area contributed by atoms with E-state index < -0.39 is 0 Å². The van der Waals surface area contributed by atoms with Crippen LogP contribution in [0.2, 0.25) is 0 Å². The van der Waals surface area contributed by atoms with Gasteiger partial charge < -0.3 is 4.74 Å². The van der Waals surface area contributed by atoms with Gasteiger partial charge in [0.05, 0.1) is 6.61 Å². The highest BCUT2D eigenvalue weighted by molar-refractivity contribution is 5.27. The van der Waals surface area contributed by atoms with Gasteiger partial charge in [-0.25, -0.2) is 0 Å². The van der Waals surface area contributed by atoms with Crippen molar-refractivity contribution in [2.24, 2.45) is 5.92 Å². The van der Waals surface area contributed by atoms with Crippen LogP contribution in [0.25, 0.3) is 0 Å². The van der Waals surface area contributed by atoms with Crippen LogP contribution >= 0.6 is 0 Å². The van der Waals surface area contributed by atoms with E-state index in [0.29, 0.717) is 5.92 Å². The largest absolute Gasteiger partial charge is 0.494 e. The number of rotatable bonds is 7. The summed E-state index contributed by atoms with van der Waals surface area (Å²) in [6, 6.07) is 8.54. The molecule has 0 atom stereocenters. The van der Waals surface area contributed by atoms with E-state index in [2.05, 4.69) is 45.0 Å². The lowest BCUT2D eigenvalue weighted by Gasteiger charge is -2.08. The maximum absolute atomic E-state index is 5.68. The molecule has 0 saturated carbocycles. The standard InChI is InChI=1S/C15H24O/c1-4-5-6-14-7-9-15(10-8-14)16-12-11-13(2)3/h7-10,13H,4-6,11-12H2,1-3H3. The molecule has 0 amide bonds. The average molecular weight is 220 g/mol. The fourth-order valence-corrected chi connectivity index (χ4v) is 1.55. The Morgan fingerprint density at radius 2 is 1.81 bits per heavy atom. The summed E-state index contributed by atoms with van der Waals surface area (Å²) in [4.78, 5) is 0. The average Bonchev–Trinajstić information content (AvgIpc) is 2.27. The van der Waals surface area contributed by atoms with Gasteiger partial charge in [-0.3, -0.25) is 0 Å². The lowest BCUT2D eigenvalue weighted by molar-refractivity contribution is 0.289. The predicted octanol–water partition coefficient (Wildman–Crippen LogP) is 4.45. The Labute approximate surface area is 99.8 Å². The van der Waals surface area contributed by atoms with Crippen molar-refractivity contribution in [2.45, 2.75) is 46.5 Å². The topological polar surface area (TPSA) is 9.23 Å². The minimum Gasteiger partial charge on any atom is -0.494 e. The molecule has 1 aromatic rings. The van der Waals surface area contributed by atoms with Gasteiger partial charge in [0.2, 0.25) is 0 Å². The van der Waals surface area contributed by atoms with Crippen molar-refractivity contribution >= 4 is 0 Å². The van der Waals surface area contributed by atoms with Crippen LogP contribution in [-0.4, -0.2) is 6.61 Å². The van der Waals surface area contributed by atoms with Crippen molar-refractivity contribution in [3.05, 3.63) is 29.8 Å². The second-order valence-electron chi connectivity index (χ2n) is 4.78. The Hall–Kier alpha value is -0.980. The maximum Gasteiger partial charge on any atom is 0.119 e. The first-order chi connectivity index (χ1) is 7.72. The second kappa shape index (κ2) is 7.32.